The van der Waals surface area contributed by atoms with Crippen molar-refractivity contribution in [2.45, 2.75) is 32.2 Å². The highest BCUT2D eigenvalue weighted by atomic mass is 79.9. The van der Waals surface area contributed by atoms with E-state index in [-0.39, 0.29) is 0 Å². The van der Waals surface area contributed by atoms with Gasteiger partial charge in [0.1, 0.15) is 0 Å². The molecule has 0 bridgehead atoms. The van der Waals surface area contributed by atoms with Crippen molar-refractivity contribution in [3.63, 3.8) is 0 Å². The Labute approximate surface area is 123 Å². The van der Waals surface area contributed by atoms with E-state index >= 15 is 0 Å². The molecule has 2 heteroatoms. The Kier molecular flexibility index (Phi) is 3.61. The Hall–Kier alpha value is -1.28. The molecule has 98 valence electrons. The zero-order valence-electron chi connectivity index (χ0n) is 11.1. The number of halogens is 1. The van der Waals surface area contributed by atoms with Gasteiger partial charge in [-0.1, -0.05) is 30.3 Å². The van der Waals surface area contributed by atoms with Crippen molar-refractivity contribution in [3.05, 3.63) is 63.6 Å². The van der Waals surface area contributed by atoms with Crippen LogP contribution in [0.15, 0.2) is 46.9 Å². The van der Waals surface area contributed by atoms with Crippen LogP contribution in [0.3, 0.4) is 0 Å². The first-order valence-electron chi connectivity index (χ1n) is 6.82. The van der Waals surface area contributed by atoms with E-state index in [9.17, 15) is 0 Å². The Balaban J connectivity index is 1.75. The maximum absolute atomic E-state index is 3.62. The molecule has 3 rings (SSSR count). The number of hydrogen-bond acceptors (Lipinski definition) is 1. The zero-order chi connectivity index (χ0) is 13.2. The highest BCUT2D eigenvalue weighted by Gasteiger charge is 2.25. The summed E-state index contributed by atoms with van der Waals surface area (Å²) < 4.78 is 1.14. The van der Waals surface area contributed by atoms with Gasteiger partial charge in [0, 0.05) is 16.7 Å². The normalized spacial score (nSPS) is 14.4. The number of benzene rings is 2. The van der Waals surface area contributed by atoms with Crippen LogP contribution in [0.1, 0.15) is 35.4 Å². The molecule has 0 saturated heterocycles. The largest absolute Gasteiger partial charge is 0.380 e. The van der Waals surface area contributed by atoms with Gasteiger partial charge in [-0.15, -0.1) is 0 Å². The Morgan fingerprint density at radius 2 is 1.95 bits per heavy atom. The van der Waals surface area contributed by atoms with E-state index in [0.717, 1.165) is 22.6 Å². The minimum Gasteiger partial charge on any atom is -0.380 e. The Morgan fingerprint density at radius 1 is 1.16 bits per heavy atom. The summed E-state index contributed by atoms with van der Waals surface area (Å²) in [5.41, 5.74) is 5.39. The van der Waals surface area contributed by atoms with Gasteiger partial charge in [-0.25, -0.2) is 0 Å². The van der Waals surface area contributed by atoms with Gasteiger partial charge < -0.3 is 5.32 Å². The van der Waals surface area contributed by atoms with Crippen molar-refractivity contribution in [2.24, 2.45) is 0 Å². The van der Waals surface area contributed by atoms with Gasteiger partial charge in [-0.2, -0.15) is 0 Å². The Bertz CT molecular complexity index is 588. The van der Waals surface area contributed by atoms with Gasteiger partial charge in [0.2, 0.25) is 0 Å². The summed E-state index contributed by atoms with van der Waals surface area (Å²) in [5, 5.41) is 3.53. The highest BCUT2D eigenvalue weighted by molar-refractivity contribution is 9.10. The van der Waals surface area contributed by atoms with E-state index in [4.69, 9.17) is 0 Å². The van der Waals surface area contributed by atoms with Crippen molar-refractivity contribution in [1.29, 1.82) is 0 Å². The van der Waals surface area contributed by atoms with Gasteiger partial charge in [0.05, 0.1) is 0 Å². The average molecular weight is 316 g/mol. The lowest BCUT2D eigenvalue weighted by atomic mass is 10.0. The zero-order valence-corrected chi connectivity index (χ0v) is 12.7. The second-order valence-electron chi connectivity index (χ2n) is 5.31. The SMILES string of the molecule is Cc1ccc(NCc2ccccc2C2CC2)c(Br)c1. The molecule has 0 heterocycles. The summed E-state index contributed by atoms with van der Waals surface area (Å²) in [6.45, 7) is 3.01. The van der Waals surface area contributed by atoms with Crippen LogP contribution in [0.4, 0.5) is 5.69 Å². The lowest BCUT2D eigenvalue weighted by molar-refractivity contribution is 1.03. The van der Waals surface area contributed by atoms with Crippen LogP contribution in [0.2, 0.25) is 0 Å². The maximum Gasteiger partial charge on any atom is 0.0487 e. The van der Waals surface area contributed by atoms with Crippen LogP contribution in [0.5, 0.6) is 0 Å². The predicted octanol–water partition coefficient (Wildman–Crippen LogP) is 5.25. The van der Waals surface area contributed by atoms with E-state index in [2.05, 4.69) is 70.6 Å². The lowest BCUT2D eigenvalue weighted by Gasteiger charge is -2.12. The molecule has 1 aliphatic rings. The fourth-order valence-corrected chi connectivity index (χ4v) is 3.08. The molecule has 1 aliphatic carbocycles. The van der Waals surface area contributed by atoms with Crippen molar-refractivity contribution < 1.29 is 0 Å². The standard InChI is InChI=1S/C17H18BrN/c1-12-6-9-17(16(18)10-12)19-11-14-4-2-3-5-15(14)13-7-8-13/h2-6,9-10,13,19H,7-8,11H2,1H3. The van der Waals surface area contributed by atoms with E-state index in [1.807, 2.05) is 0 Å². The number of anilines is 1. The summed E-state index contributed by atoms with van der Waals surface area (Å²) in [6.07, 6.45) is 2.70. The molecule has 0 spiro atoms. The average Bonchev–Trinajstić information content (AvgIpc) is 3.22. The van der Waals surface area contributed by atoms with Crippen molar-refractivity contribution in [2.75, 3.05) is 5.32 Å². The third kappa shape index (κ3) is 3.01. The van der Waals surface area contributed by atoms with E-state index in [1.54, 1.807) is 0 Å². The molecular formula is C17H18BrN. The van der Waals surface area contributed by atoms with Gasteiger partial charge in [-0.3, -0.25) is 0 Å². The van der Waals surface area contributed by atoms with Crippen LogP contribution in [0, 0.1) is 6.92 Å². The highest BCUT2D eigenvalue weighted by Crippen LogP contribution is 2.41. The molecule has 2 aromatic carbocycles. The summed E-state index contributed by atoms with van der Waals surface area (Å²) in [5.74, 6) is 0.805. The molecule has 1 saturated carbocycles. The second kappa shape index (κ2) is 5.38. The number of aryl methyl sites for hydroxylation is 1. The molecule has 1 fully saturated rings. The van der Waals surface area contributed by atoms with Crippen LogP contribution >= 0.6 is 15.9 Å². The lowest BCUT2D eigenvalue weighted by Crippen LogP contribution is -2.03. The van der Waals surface area contributed by atoms with Crippen molar-refractivity contribution in [3.8, 4) is 0 Å². The van der Waals surface area contributed by atoms with Crippen LogP contribution in [-0.4, -0.2) is 0 Å². The molecule has 0 radical (unpaired) electrons. The number of nitrogens with one attached hydrogen (secondary N) is 1. The summed E-state index contributed by atoms with van der Waals surface area (Å²) in [6, 6.07) is 15.2. The summed E-state index contributed by atoms with van der Waals surface area (Å²) >= 11 is 3.62. The molecule has 2 aromatic rings. The van der Waals surface area contributed by atoms with Crippen molar-refractivity contribution in [1.82, 2.24) is 0 Å². The van der Waals surface area contributed by atoms with Crippen LogP contribution in [0.25, 0.3) is 0 Å². The van der Waals surface area contributed by atoms with Gasteiger partial charge in [0.25, 0.3) is 0 Å². The predicted molar refractivity (Wildman–Crippen MR) is 84.6 cm³/mol. The molecule has 1 N–H and O–H groups in total. The number of rotatable bonds is 4. The fraction of sp³-hybridized carbons (Fsp3) is 0.294. The smallest absolute Gasteiger partial charge is 0.0487 e. The molecule has 0 aromatic heterocycles. The monoisotopic (exact) mass is 315 g/mol. The maximum atomic E-state index is 3.62. The van der Waals surface area contributed by atoms with Crippen molar-refractivity contribution >= 4 is 21.6 Å². The Morgan fingerprint density at radius 3 is 2.68 bits per heavy atom. The van der Waals surface area contributed by atoms with Crippen LogP contribution < -0.4 is 5.32 Å². The second-order valence-corrected chi connectivity index (χ2v) is 6.16. The van der Waals surface area contributed by atoms with Gasteiger partial charge in [-0.05, 0) is 70.4 Å². The van der Waals surface area contributed by atoms with Gasteiger partial charge in [0.15, 0.2) is 0 Å². The molecule has 19 heavy (non-hydrogen) atoms. The third-order valence-electron chi connectivity index (χ3n) is 3.67. The molecular weight excluding hydrogens is 298 g/mol. The molecule has 0 amide bonds. The number of hydrogen-bond donors (Lipinski definition) is 1. The first-order chi connectivity index (χ1) is 9.24. The van der Waals surface area contributed by atoms with Crippen LogP contribution in [-0.2, 0) is 6.54 Å². The third-order valence-corrected chi connectivity index (χ3v) is 4.32. The minimum atomic E-state index is 0.805. The summed E-state index contributed by atoms with van der Waals surface area (Å²) in [7, 11) is 0. The quantitative estimate of drug-likeness (QED) is 0.812. The molecule has 0 aliphatic heterocycles. The van der Waals surface area contributed by atoms with E-state index in [0.29, 0.717) is 0 Å². The molecule has 1 nitrogen and oxygen atoms in total. The first kappa shape index (κ1) is 12.7. The fourth-order valence-electron chi connectivity index (χ4n) is 2.44. The summed E-state index contributed by atoms with van der Waals surface area (Å²) in [4.78, 5) is 0. The van der Waals surface area contributed by atoms with Gasteiger partial charge >= 0.3 is 0 Å². The molecule has 0 atom stereocenters. The van der Waals surface area contributed by atoms with E-state index in [1.165, 1.54) is 29.5 Å². The molecule has 0 unspecified atom stereocenters. The van der Waals surface area contributed by atoms with E-state index < -0.39 is 0 Å². The first-order valence-corrected chi connectivity index (χ1v) is 7.61. The minimum absolute atomic E-state index is 0.805. The topological polar surface area (TPSA) is 12.0 Å².